The fourth-order valence-electron chi connectivity index (χ4n) is 2.72. The van der Waals surface area contributed by atoms with E-state index in [0.717, 1.165) is 19.5 Å². The summed E-state index contributed by atoms with van der Waals surface area (Å²) in [6.45, 7) is 4.11. The van der Waals surface area contributed by atoms with Crippen molar-refractivity contribution in [3.8, 4) is 0 Å². The molecule has 0 spiro atoms. The molecule has 0 saturated carbocycles. The highest BCUT2D eigenvalue weighted by molar-refractivity contribution is 7.98. The molecule has 19 heavy (non-hydrogen) atoms. The molecule has 2 rings (SSSR count). The third kappa shape index (κ3) is 3.74. The zero-order chi connectivity index (χ0) is 13.8. The molecule has 1 saturated heterocycles. The summed E-state index contributed by atoms with van der Waals surface area (Å²) in [6, 6.07) is 9.04. The van der Waals surface area contributed by atoms with Crippen molar-refractivity contribution in [2.24, 2.45) is 5.92 Å². The van der Waals surface area contributed by atoms with Gasteiger partial charge in [-0.25, -0.2) is 0 Å². The Balaban J connectivity index is 1.96. The van der Waals surface area contributed by atoms with E-state index in [0.29, 0.717) is 18.4 Å². The van der Waals surface area contributed by atoms with E-state index >= 15 is 0 Å². The molecule has 4 heteroatoms. The Morgan fingerprint density at radius 1 is 1.47 bits per heavy atom. The number of aliphatic carboxylic acids is 1. The van der Waals surface area contributed by atoms with Gasteiger partial charge < -0.3 is 5.11 Å². The molecule has 0 aromatic heterocycles. The number of benzene rings is 1. The molecule has 1 aromatic carbocycles. The van der Waals surface area contributed by atoms with Gasteiger partial charge in [-0.05, 0) is 49.8 Å². The molecule has 0 bridgehead atoms. The Morgan fingerprint density at radius 2 is 2.16 bits per heavy atom. The third-order valence-corrected chi connectivity index (χ3v) is 4.67. The molecule has 0 radical (unpaired) electrons. The molecule has 1 heterocycles. The second-order valence-electron chi connectivity index (χ2n) is 5.20. The summed E-state index contributed by atoms with van der Waals surface area (Å²) >= 11 is 1.75. The average Bonchev–Trinajstić information content (AvgIpc) is 2.85. The molecule has 0 aliphatic carbocycles. The second kappa shape index (κ2) is 6.44. The maximum absolute atomic E-state index is 10.8. The first-order valence-corrected chi connectivity index (χ1v) is 7.92. The highest BCUT2D eigenvalue weighted by Gasteiger charge is 2.27. The Hall–Kier alpha value is -1.00. The van der Waals surface area contributed by atoms with Crippen molar-refractivity contribution in [2.75, 3.05) is 19.3 Å². The van der Waals surface area contributed by atoms with Crippen LogP contribution in [0.5, 0.6) is 0 Å². The number of carboxylic acid groups (broad SMARTS) is 1. The van der Waals surface area contributed by atoms with Gasteiger partial charge in [-0.3, -0.25) is 9.69 Å². The molecule has 1 fully saturated rings. The van der Waals surface area contributed by atoms with Crippen LogP contribution >= 0.6 is 11.8 Å². The summed E-state index contributed by atoms with van der Waals surface area (Å²) in [7, 11) is 0. The number of carbonyl (C=O) groups is 1. The molecule has 2 unspecified atom stereocenters. The topological polar surface area (TPSA) is 40.5 Å². The molecule has 1 aliphatic rings. The van der Waals surface area contributed by atoms with Gasteiger partial charge in [-0.1, -0.05) is 12.1 Å². The van der Waals surface area contributed by atoms with Gasteiger partial charge in [0.15, 0.2) is 0 Å². The van der Waals surface area contributed by atoms with Gasteiger partial charge in [0.25, 0.3) is 0 Å². The second-order valence-corrected chi connectivity index (χ2v) is 6.08. The number of hydrogen-bond acceptors (Lipinski definition) is 3. The van der Waals surface area contributed by atoms with Crippen LogP contribution in [0.1, 0.15) is 31.4 Å². The third-order valence-electron chi connectivity index (χ3n) is 3.93. The van der Waals surface area contributed by atoms with Crippen LogP contribution < -0.4 is 0 Å². The van der Waals surface area contributed by atoms with Crippen LogP contribution in [0.3, 0.4) is 0 Å². The SMILES string of the molecule is CSc1ccc(C(C)N2CCC(CC(=O)O)C2)cc1. The van der Waals surface area contributed by atoms with E-state index in [-0.39, 0.29) is 0 Å². The molecule has 1 N–H and O–H groups in total. The smallest absolute Gasteiger partial charge is 0.303 e. The standard InChI is InChI=1S/C15H21NO2S/c1-11(13-3-5-14(19-2)6-4-13)16-8-7-12(10-16)9-15(17)18/h3-6,11-12H,7-10H2,1-2H3,(H,17,18). The fraction of sp³-hybridized carbons (Fsp3) is 0.533. The minimum Gasteiger partial charge on any atom is -0.481 e. The van der Waals surface area contributed by atoms with E-state index in [1.807, 2.05) is 0 Å². The lowest BCUT2D eigenvalue weighted by atomic mass is 10.1. The lowest BCUT2D eigenvalue weighted by Gasteiger charge is -2.24. The molecule has 1 aromatic rings. The predicted octanol–water partition coefficient (Wildman–Crippen LogP) is 3.27. The van der Waals surface area contributed by atoms with Crippen LogP contribution in [0.2, 0.25) is 0 Å². The molecular formula is C15H21NO2S. The highest BCUT2D eigenvalue weighted by Crippen LogP contribution is 2.29. The van der Waals surface area contributed by atoms with Crippen LogP contribution in [0, 0.1) is 5.92 Å². The summed E-state index contributed by atoms with van der Waals surface area (Å²) in [4.78, 5) is 14.4. The Labute approximate surface area is 119 Å². The molecule has 2 atom stereocenters. The Bertz CT molecular complexity index is 432. The van der Waals surface area contributed by atoms with E-state index < -0.39 is 5.97 Å². The summed E-state index contributed by atoms with van der Waals surface area (Å²) in [6.07, 6.45) is 3.38. The Kier molecular flexibility index (Phi) is 4.88. The fourth-order valence-corrected chi connectivity index (χ4v) is 3.13. The molecule has 1 aliphatic heterocycles. The first-order valence-electron chi connectivity index (χ1n) is 6.70. The van der Waals surface area contributed by atoms with Gasteiger partial charge in [0.05, 0.1) is 0 Å². The monoisotopic (exact) mass is 279 g/mol. The van der Waals surface area contributed by atoms with Gasteiger partial charge in [-0.15, -0.1) is 11.8 Å². The van der Waals surface area contributed by atoms with Crippen LogP contribution in [0.4, 0.5) is 0 Å². The van der Waals surface area contributed by atoms with Crippen molar-refractivity contribution < 1.29 is 9.90 Å². The minimum atomic E-state index is -0.677. The van der Waals surface area contributed by atoms with Crippen molar-refractivity contribution in [1.82, 2.24) is 4.90 Å². The van der Waals surface area contributed by atoms with Crippen molar-refractivity contribution in [2.45, 2.75) is 30.7 Å². The van der Waals surface area contributed by atoms with Crippen molar-refractivity contribution in [3.05, 3.63) is 29.8 Å². The predicted molar refractivity (Wildman–Crippen MR) is 78.6 cm³/mol. The maximum Gasteiger partial charge on any atom is 0.303 e. The van der Waals surface area contributed by atoms with Crippen LogP contribution in [-0.2, 0) is 4.79 Å². The summed E-state index contributed by atoms with van der Waals surface area (Å²) < 4.78 is 0. The van der Waals surface area contributed by atoms with Crippen LogP contribution in [0.15, 0.2) is 29.2 Å². The summed E-state index contributed by atoms with van der Waals surface area (Å²) in [5.74, 6) is -0.366. The largest absolute Gasteiger partial charge is 0.481 e. The lowest BCUT2D eigenvalue weighted by molar-refractivity contribution is -0.138. The van der Waals surface area contributed by atoms with E-state index in [2.05, 4.69) is 42.3 Å². The molecular weight excluding hydrogens is 258 g/mol. The van der Waals surface area contributed by atoms with E-state index in [1.165, 1.54) is 10.5 Å². The summed E-state index contributed by atoms with van der Waals surface area (Å²) in [5, 5.41) is 8.85. The van der Waals surface area contributed by atoms with E-state index in [9.17, 15) is 4.79 Å². The summed E-state index contributed by atoms with van der Waals surface area (Å²) in [5.41, 5.74) is 1.31. The lowest BCUT2D eigenvalue weighted by Crippen LogP contribution is -2.25. The maximum atomic E-state index is 10.8. The average molecular weight is 279 g/mol. The minimum absolute atomic E-state index is 0.300. The number of likely N-dealkylation sites (tertiary alicyclic amines) is 1. The van der Waals surface area contributed by atoms with Crippen molar-refractivity contribution >= 4 is 17.7 Å². The van der Waals surface area contributed by atoms with Gasteiger partial charge in [0.1, 0.15) is 0 Å². The number of carboxylic acids is 1. The van der Waals surface area contributed by atoms with Crippen LogP contribution in [0.25, 0.3) is 0 Å². The first kappa shape index (κ1) is 14.4. The normalized spacial score (nSPS) is 21.5. The quantitative estimate of drug-likeness (QED) is 0.840. The first-order chi connectivity index (χ1) is 9.10. The highest BCUT2D eigenvalue weighted by atomic mass is 32.2. The number of rotatable bonds is 5. The van der Waals surface area contributed by atoms with Gasteiger partial charge in [0.2, 0.25) is 0 Å². The number of nitrogens with zero attached hydrogens (tertiary/aromatic N) is 1. The van der Waals surface area contributed by atoms with Gasteiger partial charge in [-0.2, -0.15) is 0 Å². The molecule has 0 amide bonds. The number of thioether (sulfide) groups is 1. The van der Waals surface area contributed by atoms with Crippen molar-refractivity contribution in [3.63, 3.8) is 0 Å². The zero-order valence-corrected chi connectivity index (χ0v) is 12.3. The molecule has 3 nitrogen and oxygen atoms in total. The van der Waals surface area contributed by atoms with E-state index in [1.54, 1.807) is 11.8 Å². The zero-order valence-electron chi connectivity index (χ0n) is 11.5. The Morgan fingerprint density at radius 3 is 2.74 bits per heavy atom. The van der Waals surface area contributed by atoms with Gasteiger partial charge in [0, 0.05) is 23.9 Å². The van der Waals surface area contributed by atoms with E-state index in [4.69, 9.17) is 5.11 Å². The van der Waals surface area contributed by atoms with Crippen LogP contribution in [-0.4, -0.2) is 35.3 Å². The number of hydrogen-bond donors (Lipinski definition) is 1. The molecule has 104 valence electrons. The van der Waals surface area contributed by atoms with Crippen molar-refractivity contribution in [1.29, 1.82) is 0 Å². The van der Waals surface area contributed by atoms with Gasteiger partial charge >= 0.3 is 5.97 Å².